The highest BCUT2D eigenvalue weighted by molar-refractivity contribution is 6.33. The van der Waals surface area contributed by atoms with Crippen molar-refractivity contribution in [1.29, 1.82) is 0 Å². The molecule has 1 aromatic carbocycles. The van der Waals surface area contributed by atoms with E-state index in [9.17, 15) is 5.11 Å². The predicted molar refractivity (Wildman–Crippen MR) is 61.5 cm³/mol. The SMILES string of the molecule is OC(Cc1cc(Cl)ccc1Cl)c1cn[nH]n1. The molecule has 0 aliphatic heterocycles. The van der Waals surface area contributed by atoms with Gasteiger partial charge in [0.2, 0.25) is 0 Å². The van der Waals surface area contributed by atoms with Gasteiger partial charge in [0.05, 0.1) is 6.20 Å². The van der Waals surface area contributed by atoms with E-state index >= 15 is 0 Å². The van der Waals surface area contributed by atoms with Crippen LogP contribution in [0.2, 0.25) is 10.0 Å². The molecule has 0 aliphatic carbocycles. The molecule has 4 nitrogen and oxygen atoms in total. The fourth-order valence-electron chi connectivity index (χ4n) is 1.38. The van der Waals surface area contributed by atoms with Crippen LogP contribution in [-0.2, 0) is 6.42 Å². The van der Waals surface area contributed by atoms with Gasteiger partial charge in [-0.1, -0.05) is 23.2 Å². The number of aromatic nitrogens is 3. The molecule has 2 N–H and O–H groups in total. The fourth-order valence-corrected chi connectivity index (χ4v) is 1.77. The number of halogens is 2. The Kier molecular flexibility index (Phi) is 3.43. The highest BCUT2D eigenvalue weighted by Gasteiger charge is 2.13. The first kappa shape index (κ1) is 11.4. The molecule has 1 unspecified atom stereocenters. The molecule has 0 bridgehead atoms. The maximum absolute atomic E-state index is 9.85. The first-order chi connectivity index (χ1) is 7.66. The monoisotopic (exact) mass is 257 g/mol. The Labute approximate surface area is 102 Å². The van der Waals surface area contributed by atoms with Crippen LogP contribution in [0.15, 0.2) is 24.4 Å². The fraction of sp³-hybridized carbons (Fsp3) is 0.200. The van der Waals surface area contributed by atoms with Crippen molar-refractivity contribution < 1.29 is 5.11 Å². The van der Waals surface area contributed by atoms with Gasteiger partial charge < -0.3 is 5.11 Å². The van der Waals surface area contributed by atoms with Gasteiger partial charge in [-0.3, -0.25) is 0 Å². The van der Waals surface area contributed by atoms with Crippen LogP contribution in [0.4, 0.5) is 0 Å². The standard InChI is InChI=1S/C10H9Cl2N3O/c11-7-1-2-8(12)6(3-7)4-10(16)9-5-13-15-14-9/h1-3,5,10,16H,4H2,(H,13,14,15). The van der Waals surface area contributed by atoms with Gasteiger partial charge in [0.15, 0.2) is 0 Å². The molecule has 2 rings (SSSR count). The van der Waals surface area contributed by atoms with E-state index in [0.29, 0.717) is 22.2 Å². The molecule has 0 amide bonds. The van der Waals surface area contributed by atoms with Crippen LogP contribution in [-0.4, -0.2) is 20.5 Å². The lowest BCUT2D eigenvalue weighted by Gasteiger charge is -2.09. The molecule has 1 atom stereocenters. The van der Waals surface area contributed by atoms with Crippen molar-refractivity contribution in [3.05, 3.63) is 45.7 Å². The second-order valence-electron chi connectivity index (χ2n) is 3.35. The van der Waals surface area contributed by atoms with Crippen molar-refractivity contribution in [2.24, 2.45) is 0 Å². The maximum Gasteiger partial charge on any atom is 0.111 e. The van der Waals surface area contributed by atoms with Crippen molar-refractivity contribution in [1.82, 2.24) is 15.4 Å². The van der Waals surface area contributed by atoms with E-state index in [1.807, 2.05) is 0 Å². The zero-order valence-corrected chi connectivity index (χ0v) is 9.70. The summed E-state index contributed by atoms with van der Waals surface area (Å²) in [5, 5.41) is 20.9. The minimum Gasteiger partial charge on any atom is -0.386 e. The number of H-pyrrole nitrogens is 1. The van der Waals surface area contributed by atoms with Crippen LogP contribution in [0, 0.1) is 0 Å². The van der Waals surface area contributed by atoms with E-state index in [0.717, 1.165) is 5.56 Å². The van der Waals surface area contributed by atoms with Gasteiger partial charge in [0.1, 0.15) is 11.8 Å². The van der Waals surface area contributed by atoms with Crippen molar-refractivity contribution in [3.63, 3.8) is 0 Å². The first-order valence-electron chi connectivity index (χ1n) is 4.64. The van der Waals surface area contributed by atoms with Gasteiger partial charge in [-0.25, -0.2) is 0 Å². The lowest BCUT2D eigenvalue weighted by Crippen LogP contribution is -2.02. The Hall–Kier alpha value is -1.10. The molecular formula is C10H9Cl2N3O. The van der Waals surface area contributed by atoms with E-state index in [1.165, 1.54) is 6.20 Å². The van der Waals surface area contributed by atoms with E-state index < -0.39 is 6.10 Å². The summed E-state index contributed by atoms with van der Waals surface area (Å²) in [6, 6.07) is 5.14. The molecule has 0 spiro atoms. The maximum atomic E-state index is 9.85. The molecule has 0 aliphatic rings. The number of aromatic amines is 1. The normalized spacial score (nSPS) is 12.7. The molecule has 2 aromatic rings. The quantitative estimate of drug-likeness (QED) is 0.888. The lowest BCUT2D eigenvalue weighted by molar-refractivity contribution is 0.173. The second kappa shape index (κ2) is 4.82. The molecule has 6 heteroatoms. The molecule has 0 radical (unpaired) electrons. The zero-order valence-electron chi connectivity index (χ0n) is 8.19. The molecule has 0 saturated carbocycles. The summed E-state index contributed by atoms with van der Waals surface area (Å²) in [5.41, 5.74) is 1.26. The lowest BCUT2D eigenvalue weighted by atomic mass is 10.1. The third-order valence-corrected chi connectivity index (χ3v) is 2.80. The third kappa shape index (κ3) is 2.52. The van der Waals surface area contributed by atoms with Crippen LogP contribution in [0.5, 0.6) is 0 Å². The third-order valence-electron chi connectivity index (χ3n) is 2.20. The molecule has 0 saturated heterocycles. The van der Waals surface area contributed by atoms with Gasteiger partial charge in [-0.05, 0) is 23.8 Å². The number of hydrogen-bond acceptors (Lipinski definition) is 3. The van der Waals surface area contributed by atoms with Gasteiger partial charge in [0, 0.05) is 16.5 Å². The van der Waals surface area contributed by atoms with Gasteiger partial charge in [0.25, 0.3) is 0 Å². The Morgan fingerprint density at radius 3 is 2.88 bits per heavy atom. The van der Waals surface area contributed by atoms with Gasteiger partial charge >= 0.3 is 0 Å². The Bertz CT molecular complexity index is 473. The number of aliphatic hydroxyl groups is 1. The Balaban J connectivity index is 2.17. The first-order valence-corrected chi connectivity index (χ1v) is 5.40. The van der Waals surface area contributed by atoms with Gasteiger partial charge in [-0.15, -0.1) is 0 Å². The number of nitrogens with zero attached hydrogens (tertiary/aromatic N) is 2. The summed E-state index contributed by atoms with van der Waals surface area (Å²) in [5.74, 6) is 0. The van der Waals surface area contributed by atoms with Crippen LogP contribution in [0.25, 0.3) is 0 Å². The van der Waals surface area contributed by atoms with Crippen molar-refractivity contribution >= 4 is 23.2 Å². The number of aliphatic hydroxyl groups excluding tert-OH is 1. The van der Waals surface area contributed by atoms with Crippen LogP contribution < -0.4 is 0 Å². The molecular weight excluding hydrogens is 249 g/mol. The average Bonchev–Trinajstić information content (AvgIpc) is 2.76. The second-order valence-corrected chi connectivity index (χ2v) is 4.19. The predicted octanol–water partition coefficient (Wildman–Crippen LogP) is 2.39. The van der Waals surface area contributed by atoms with E-state index in [-0.39, 0.29) is 0 Å². The molecule has 1 aromatic heterocycles. The number of rotatable bonds is 3. The zero-order chi connectivity index (χ0) is 11.5. The number of benzene rings is 1. The summed E-state index contributed by atoms with van der Waals surface area (Å²) in [6.07, 6.45) is 1.09. The summed E-state index contributed by atoms with van der Waals surface area (Å²) in [4.78, 5) is 0. The highest BCUT2D eigenvalue weighted by atomic mass is 35.5. The van der Waals surface area contributed by atoms with Crippen LogP contribution >= 0.6 is 23.2 Å². The Morgan fingerprint density at radius 1 is 1.38 bits per heavy atom. The summed E-state index contributed by atoms with van der Waals surface area (Å²) < 4.78 is 0. The van der Waals surface area contributed by atoms with E-state index in [2.05, 4.69) is 15.4 Å². The topological polar surface area (TPSA) is 61.8 Å². The van der Waals surface area contributed by atoms with E-state index in [4.69, 9.17) is 23.2 Å². The average molecular weight is 258 g/mol. The summed E-state index contributed by atoms with van der Waals surface area (Å²) in [6.45, 7) is 0. The largest absolute Gasteiger partial charge is 0.386 e. The van der Waals surface area contributed by atoms with Crippen molar-refractivity contribution in [2.45, 2.75) is 12.5 Å². The summed E-state index contributed by atoms with van der Waals surface area (Å²) in [7, 11) is 0. The Morgan fingerprint density at radius 2 is 2.19 bits per heavy atom. The smallest absolute Gasteiger partial charge is 0.111 e. The molecule has 1 heterocycles. The van der Waals surface area contributed by atoms with Crippen molar-refractivity contribution in [3.8, 4) is 0 Å². The number of hydrogen-bond donors (Lipinski definition) is 2. The summed E-state index contributed by atoms with van der Waals surface area (Å²) >= 11 is 11.8. The van der Waals surface area contributed by atoms with Crippen LogP contribution in [0.3, 0.4) is 0 Å². The van der Waals surface area contributed by atoms with Crippen molar-refractivity contribution in [2.75, 3.05) is 0 Å². The molecule has 84 valence electrons. The van der Waals surface area contributed by atoms with Gasteiger partial charge in [-0.2, -0.15) is 15.4 Å². The highest BCUT2D eigenvalue weighted by Crippen LogP contribution is 2.25. The minimum absolute atomic E-state index is 0.353. The minimum atomic E-state index is -0.741. The number of nitrogens with one attached hydrogen (secondary N) is 1. The molecule has 0 fully saturated rings. The molecule has 16 heavy (non-hydrogen) atoms. The van der Waals surface area contributed by atoms with Crippen LogP contribution in [0.1, 0.15) is 17.4 Å². The van der Waals surface area contributed by atoms with E-state index in [1.54, 1.807) is 18.2 Å².